The molecule has 1 aliphatic heterocycles. The largest absolute Gasteiger partial charge is 0.481 e. The summed E-state index contributed by atoms with van der Waals surface area (Å²) in [6.07, 6.45) is 1.82. The fourth-order valence-corrected chi connectivity index (χ4v) is 2.98. The van der Waals surface area contributed by atoms with Crippen molar-refractivity contribution in [2.75, 3.05) is 32.1 Å². The SMILES string of the molecule is COC(=O)c1ccccc1NC1CCN(CC(C)(C)C(=O)O)CC1. The highest BCUT2D eigenvalue weighted by Crippen LogP contribution is 2.23. The lowest BCUT2D eigenvalue weighted by Crippen LogP contribution is -2.45. The Bertz CT molecular complexity index is 592. The van der Waals surface area contributed by atoms with Gasteiger partial charge < -0.3 is 20.1 Å². The number of hydrogen-bond donors (Lipinski definition) is 2. The molecule has 6 nitrogen and oxygen atoms in total. The first-order valence-electron chi connectivity index (χ1n) is 8.23. The Hall–Kier alpha value is -2.08. The monoisotopic (exact) mass is 334 g/mol. The van der Waals surface area contributed by atoms with Crippen LogP contribution in [-0.4, -0.2) is 54.7 Å². The average molecular weight is 334 g/mol. The Kier molecular flexibility index (Phi) is 5.83. The molecule has 2 rings (SSSR count). The summed E-state index contributed by atoms with van der Waals surface area (Å²) in [4.78, 5) is 25.3. The summed E-state index contributed by atoms with van der Waals surface area (Å²) in [6, 6.07) is 7.60. The van der Waals surface area contributed by atoms with Crippen LogP contribution in [-0.2, 0) is 9.53 Å². The minimum atomic E-state index is -0.769. The number of carboxylic acids is 1. The van der Waals surface area contributed by atoms with Crippen LogP contribution in [0.1, 0.15) is 37.0 Å². The van der Waals surface area contributed by atoms with Crippen LogP contribution < -0.4 is 5.32 Å². The van der Waals surface area contributed by atoms with E-state index in [0.717, 1.165) is 31.6 Å². The van der Waals surface area contributed by atoms with Crippen molar-refractivity contribution in [1.82, 2.24) is 4.90 Å². The third-order valence-corrected chi connectivity index (χ3v) is 4.48. The molecule has 0 bridgehead atoms. The van der Waals surface area contributed by atoms with Crippen LogP contribution in [0.15, 0.2) is 24.3 Å². The number of anilines is 1. The van der Waals surface area contributed by atoms with E-state index in [1.807, 2.05) is 18.2 Å². The molecule has 0 amide bonds. The van der Waals surface area contributed by atoms with E-state index in [1.165, 1.54) is 7.11 Å². The van der Waals surface area contributed by atoms with Crippen molar-refractivity contribution in [3.63, 3.8) is 0 Å². The number of benzene rings is 1. The molecular formula is C18H26N2O4. The summed E-state index contributed by atoms with van der Waals surface area (Å²) in [5.74, 6) is -1.12. The molecule has 0 spiro atoms. The Morgan fingerprint density at radius 3 is 2.50 bits per heavy atom. The molecule has 1 aromatic carbocycles. The summed E-state index contributed by atoms with van der Waals surface area (Å²) >= 11 is 0. The zero-order valence-electron chi connectivity index (χ0n) is 14.5. The Morgan fingerprint density at radius 1 is 1.29 bits per heavy atom. The van der Waals surface area contributed by atoms with Crippen molar-refractivity contribution in [1.29, 1.82) is 0 Å². The van der Waals surface area contributed by atoms with Gasteiger partial charge in [0.15, 0.2) is 0 Å². The maximum atomic E-state index is 11.8. The van der Waals surface area contributed by atoms with Crippen molar-refractivity contribution >= 4 is 17.6 Å². The second-order valence-corrected chi connectivity index (χ2v) is 6.92. The highest BCUT2D eigenvalue weighted by atomic mass is 16.5. The molecule has 1 aliphatic rings. The predicted molar refractivity (Wildman–Crippen MR) is 92.3 cm³/mol. The number of aliphatic carboxylic acids is 1. The van der Waals surface area contributed by atoms with Gasteiger partial charge in [-0.1, -0.05) is 12.1 Å². The van der Waals surface area contributed by atoms with Crippen molar-refractivity contribution in [2.24, 2.45) is 5.41 Å². The molecule has 1 aromatic rings. The summed E-state index contributed by atoms with van der Waals surface area (Å²) in [5, 5.41) is 12.7. The molecule has 6 heteroatoms. The van der Waals surface area contributed by atoms with E-state index in [1.54, 1.807) is 19.9 Å². The van der Waals surface area contributed by atoms with E-state index in [9.17, 15) is 14.7 Å². The van der Waals surface area contributed by atoms with Gasteiger partial charge in [-0.3, -0.25) is 4.79 Å². The fourth-order valence-electron chi connectivity index (χ4n) is 2.98. The molecule has 132 valence electrons. The van der Waals surface area contributed by atoms with Crippen molar-refractivity contribution < 1.29 is 19.4 Å². The highest BCUT2D eigenvalue weighted by Gasteiger charge is 2.31. The quantitative estimate of drug-likeness (QED) is 0.778. The Morgan fingerprint density at radius 2 is 1.92 bits per heavy atom. The lowest BCUT2D eigenvalue weighted by atomic mass is 9.91. The van der Waals surface area contributed by atoms with Crippen LogP contribution in [0.2, 0.25) is 0 Å². The van der Waals surface area contributed by atoms with E-state index < -0.39 is 11.4 Å². The van der Waals surface area contributed by atoms with Crippen LogP contribution in [0.5, 0.6) is 0 Å². The molecule has 24 heavy (non-hydrogen) atoms. The van der Waals surface area contributed by atoms with Gasteiger partial charge in [0.2, 0.25) is 0 Å². The second kappa shape index (κ2) is 7.66. The number of para-hydroxylation sites is 1. The van der Waals surface area contributed by atoms with E-state index >= 15 is 0 Å². The molecule has 1 heterocycles. The molecule has 0 aliphatic carbocycles. The van der Waals surface area contributed by atoms with Gasteiger partial charge in [-0.15, -0.1) is 0 Å². The van der Waals surface area contributed by atoms with Gasteiger partial charge >= 0.3 is 11.9 Å². The maximum absolute atomic E-state index is 11.8. The zero-order valence-corrected chi connectivity index (χ0v) is 14.5. The molecule has 0 unspecified atom stereocenters. The predicted octanol–water partition coefficient (Wildman–Crippen LogP) is 2.46. The number of nitrogens with zero attached hydrogens (tertiary/aromatic N) is 1. The number of rotatable bonds is 6. The molecule has 1 fully saturated rings. The topological polar surface area (TPSA) is 78.9 Å². The summed E-state index contributed by atoms with van der Waals surface area (Å²) in [5.41, 5.74) is 0.584. The normalized spacial score (nSPS) is 16.6. The summed E-state index contributed by atoms with van der Waals surface area (Å²) < 4.78 is 4.82. The number of piperidine rings is 1. The Labute approximate surface area is 142 Å². The van der Waals surface area contributed by atoms with Crippen LogP contribution in [0.25, 0.3) is 0 Å². The number of carbonyl (C=O) groups is 2. The van der Waals surface area contributed by atoms with E-state index in [2.05, 4.69) is 10.2 Å². The van der Waals surface area contributed by atoms with E-state index in [0.29, 0.717) is 12.1 Å². The number of esters is 1. The van der Waals surface area contributed by atoms with Crippen LogP contribution in [0.4, 0.5) is 5.69 Å². The lowest BCUT2D eigenvalue weighted by molar-refractivity contribution is -0.148. The Balaban J connectivity index is 1.92. The number of carboxylic acid groups (broad SMARTS) is 1. The van der Waals surface area contributed by atoms with Gasteiger partial charge in [-0.25, -0.2) is 4.79 Å². The number of methoxy groups -OCH3 is 1. The third-order valence-electron chi connectivity index (χ3n) is 4.48. The van der Waals surface area contributed by atoms with Gasteiger partial charge in [0.05, 0.1) is 18.1 Å². The van der Waals surface area contributed by atoms with Gasteiger partial charge in [0, 0.05) is 31.4 Å². The van der Waals surface area contributed by atoms with Gasteiger partial charge in [0.1, 0.15) is 0 Å². The first-order chi connectivity index (χ1) is 11.3. The molecule has 0 atom stereocenters. The van der Waals surface area contributed by atoms with Crippen LogP contribution in [0, 0.1) is 5.41 Å². The maximum Gasteiger partial charge on any atom is 0.339 e. The van der Waals surface area contributed by atoms with Crippen molar-refractivity contribution in [2.45, 2.75) is 32.7 Å². The minimum absolute atomic E-state index is 0.264. The number of nitrogens with one attached hydrogen (secondary N) is 1. The minimum Gasteiger partial charge on any atom is -0.481 e. The van der Waals surface area contributed by atoms with Crippen molar-refractivity contribution in [3.05, 3.63) is 29.8 Å². The highest BCUT2D eigenvalue weighted by molar-refractivity contribution is 5.95. The average Bonchev–Trinajstić information content (AvgIpc) is 2.56. The number of ether oxygens (including phenoxy) is 1. The molecule has 0 aromatic heterocycles. The molecule has 1 saturated heterocycles. The molecule has 0 radical (unpaired) electrons. The molecule has 0 saturated carbocycles. The summed E-state index contributed by atoms with van der Waals surface area (Å²) in [7, 11) is 1.38. The fraction of sp³-hybridized carbons (Fsp3) is 0.556. The van der Waals surface area contributed by atoms with E-state index in [-0.39, 0.29) is 12.0 Å². The zero-order chi connectivity index (χ0) is 17.7. The summed E-state index contributed by atoms with van der Waals surface area (Å²) in [6.45, 7) is 5.75. The molecule has 2 N–H and O–H groups in total. The van der Waals surface area contributed by atoms with Crippen LogP contribution in [0.3, 0.4) is 0 Å². The standard InChI is InChI=1S/C18H26N2O4/c1-18(2,17(22)23)12-20-10-8-13(9-11-20)19-15-7-5-4-6-14(15)16(21)24-3/h4-7,13,19H,8-12H2,1-3H3,(H,22,23). The van der Waals surface area contributed by atoms with Gasteiger partial charge in [-0.2, -0.15) is 0 Å². The van der Waals surface area contributed by atoms with Crippen LogP contribution >= 0.6 is 0 Å². The third kappa shape index (κ3) is 4.47. The first-order valence-corrected chi connectivity index (χ1v) is 8.23. The number of hydrogen-bond acceptors (Lipinski definition) is 5. The number of carbonyl (C=O) groups excluding carboxylic acids is 1. The van der Waals surface area contributed by atoms with E-state index in [4.69, 9.17) is 4.74 Å². The first kappa shape index (κ1) is 18.3. The van der Waals surface area contributed by atoms with Crippen molar-refractivity contribution in [3.8, 4) is 0 Å². The second-order valence-electron chi connectivity index (χ2n) is 6.92. The number of likely N-dealkylation sites (tertiary alicyclic amines) is 1. The molecular weight excluding hydrogens is 308 g/mol. The smallest absolute Gasteiger partial charge is 0.339 e. The lowest BCUT2D eigenvalue weighted by Gasteiger charge is -2.36. The van der Waals surface area contributed by atoms with Gasteiger partial charge in [-0.05, 0) is 38.8 Å². The van der Waals surface area contributed by atoms with Gasteiger partial charge in [0.25, 0.3) is 0 Å².